The number of para-hydroxylation sites is 1. The molecule has 4 heterocycles. The second-order valence-electron chi connectivity index (χ2n) is 6.82. The molecule has 1 aromatic carbocycles. The molecule has 0 spiro atoms. The molecule has 0 aliphatic carbocycles. The fourth-order valence-electron chi connectivity index (χ4n) is 3.83. The van der Waals surface area contributed by atoms with Crippen LogP contribution >= 0.6 is 11.8 Å². The maximum atomic E-state index is 5.04. The zero-order valence-corrected chi connectivity index (χ0v) is 15.4. The minimum atomic E-state index is 0.0535. The maximum Gasteiger partial charge on any atom is 0.160 e. The standard InChI is InChI=1S/C21H20N4S/c1-15-13-25-20(16-10-12-24(14-16)17-7-3-2-4-8-17)19(23-21(25)26-15)18-9-5-6-11-22-18/h2-12,14-15,19-20H,13H2,1H3/t15-,19-,20-/m1/s1. The first-order valence-corrected chi connectivity index (χ1v) is 9.83. The van der Waals surface area contributed by atoms with Crippen molar-refractivity contribution in [3.8, 4) is 5.69 Å². The van der Waals surface area contributed by atoms with Crippen LogP contribution in [0.4, 0.5) is 0 Å². The molecule has 0 bridgehead atoms. The topological polar surface area (TPSA) is 33.4 Å². The van der Waals surface area contributed by atoms with Crippen molar-refractivity contribution in [2.24, 2.45) is 4.99 Å². The van der Waals surface area contributed by atoms with Gasteiger partial charge in [0.1, 0.15) is 6.04 Å². The van der Waals surface area contributed by atoms with Crippen LogP contribution in [0.3, 0.4) is 0 Å². The molecule has 0 N–H and O–H groups in total. The van der Waals surface area contributed by atoms with E-state index < -0.39 is 0 Å². The molecular weight excluding hydrogens is 340 g/mol. The van der Waals surface area contributed by atoms with Crippen LogP contribution < -0.4 is 0 Å². The lowest BCUT2D eigenvalue weighted by atomic mass is 9.99. The van der Waals surface area contributed by atoms with Gasteiger partial charge in [0.2, 0.25) is 0 Å². The smallest absolute Gasteiger partial charge is 0.160 e. The summed E-state index contributed by atoms with van der Waals surface area (Å²) in [6.07, 6.45) is 6.24. The van der Waals surface area contributed by atoms with E-state index in [2.05, 4.69) is 70.2 Å². The van der Waals surface area contributed by atoms with Gasteiger partial charge in [-0.25, -0.2) is 0 Å². The Morgan fingerprint density at radius 2 is 1.88 bits per heavy atom. The molecule has 3 aromatic rings. The summed E-state index contributed by atoms with van der Waals surface area (Å²) < 4.78 is 2.19. The molecule has 2 aliphatic rings. The molecule has 3 atom stereocenters. The Morgan fingerprint density at radius 3 is 2.69 bits per heavy atom. The number of fused-ring (bicyclic) bond motifs is 1. The lowest BCUT2D eigenvalue weighted by Crippen LogP contribution is -2.28. The third-order valence-corrected chi connectivity index (χ3v) is 6.10. The van der Waals surface area contributed by atoms with Gasteiger partial charge in [0.25, 0.3) is 0 Å². The molecule has 4 nitrogen and oxygen atoms in total. The van der Waals surface area contributed by atoms with Crippen LogP contribution in [-0.4, -0.2) is 31.4 Å². The molecule has 0 saturated carbocycles. The number of aromatic nitrogens is 2. The summed E-state index contributed by atoms with van der Waals surface area (Å²) in [5.74, 6) is 0. The Kier molecular flexibility index (Phi) is 3.82. The number of amidine groups is 1. The highest BCUT2D eigenvalue weighted by atomic mass is 32.2. The zero-order valence-electron chi connectivity index (χ0n) is 14.6. The molecule has 1 saturated heterocycles. The minimum Gasteiger partial charge on any atom is -0.341 e. The highest BCUT2D eigenvalue weighted by Crippen LogP contribution is 2.47. The van der Waals surface area contributed by atoms with Crippen molar-refractivity contribution in [2.75, 3.05) is 6.54 Å². The molecule has 0 radical (unpaired) electrons. The Labute approximate surface area is 157 Å². The Morgan fingerprint density at radius 1 is 1.04 bits per heavy atom. The van der Waals surface area contributed by atoms with Gasteiger partial charge in [-0.3, -0.25) is 9.98 Å². The predicted octanol–water partition coefficient (Wildman–Crippen LogP) is 4.46. The molecular formula is C21H20N4S. The number of aliphatic imine (C=N–C) groups is 1. The van der Waals surface area contributed by atoms with E-state index in [9.17, 15) is 0 Å². The average Bonchev–Trinajstić information content (AvgIpc) is 3.37. The van der Waals surface area contributed by atoms with Crippen LogP contribution in [-0.2, 0) is 0 Å². The summed E-state index contributed by atoms with van der Waals surface area (Å²) in [7, 11) is 0. The number of nitrogens with zero attached hydrogens (tertiary/aromatic N) is 4. The molecule has 26 heavy (non-hydrogen) atoms. The van der Waals surface area contributed by atoms with Gasteiger partial charge in [-0.2, -0.15) is 0 Å². The summed E-state index contributed by atoms with van der Waals surface area (Å²) >= 11 is 1.88. The summed E-state index contributed by atoms with van der Waals surface area (Å²) in [6.45, 7) is 3.31. The van der Waals surface area contributed by atoms with Crippen LogP contribution in [0.1, 0.15) is 30.3 Å². The van der Waals surface area contributed by atoms with Crippen molar-refractivity contribution in [3.05, 3.63) is 84.4 Å². The van der Waals surface area contributed by atoms with E-state index >= 15 is 0 Å². The van der Waals surface area contributed by atoms with Gasteiger partial charge in [0.15, 0.2) is 5.17 Å². The van der Waals surface area contributed by atoms with Crippen LogP contribution in [0.2, 0.25) is 0 Å². The SMILES string of the molecule is C[C@@H]1CN2C(=N[C@H](c3ccccn3)[C@H]2c2ccn(-c3ccccc3)c2)S1. The van der Waals surface area contributed by atoms with Gasteiger partial charge in [0, 0.05) is 36.1 Å². The molecule has 2 aliphatic heterocycles. The first kappa shape index (κ1) is 15.7. The van der Waals surface area contributed by atoms with Gasteiger partial charge in [-0.1, -0.05) is 43.0 Å². The highest BCUT2D eigenvalue weighted by molar-refractivity contribution is 8.14. The van der Waals surface area contributed by atoms with Crippen molar-refractivity contribution in [1.29, 1.82) is 0 Å². The molecule has 5 heteroatoms. The van der Waals surface area contributed by atoms with Crippen molar-refractivity contribution < 1.29 is 0 Å². The molecule has 2 aromatic heterocycles. The number of hydrogen-bond acceptors (Lipinski definition) is 4. The van der Waals surface area contributed by atoms with Gasteiger partial charge >= 0.3 is 0 Å². The van der Waals surface area contributed by atoms with E-state index in [4.69, 9.17) is 4.99 Å². The van der Waals surface area contributed by atoms with Crippen LogP contribution in [0.5, 0.6) is 0 Å². The fourth-order valence-corrected chi connectivity index (χ4v) is 4.92. The van der Waals surface area contributed by atoms with Crippen molar-refractivity contribution in [3.63, 3.8) is 0 Å². The van der Waals surface area contributed by atoms with E-state index in [1.807, 2.05) is 36.2 Å². The lowest BCUT2D eigenvalue weighted by molar-refractivity contribution is 0.321. The van der Waals surface area contributed by atoms with Crippen molar-refractivity contribution in [1.82, 2.24) is 14.5 Å². The van der Waals surface area contributed by atoms with Gasteiger partial charge in [0.05, 0.1) is 11.7 Å². The molecule has 0 amide bonds. The summed E-state index contributed by atoms with van der Waals surface area (Å²) in [4.78, 5) is 12.1. The van der Waals surface area contributed by atoms with Crippen LogP contribution in [0.15, 0.2) is 78.2 Å². The second-order valence-corrected chi connectivity index (χ2v) is 8.23. The summed E-state index contributed by atoms with van der Waals surface area (Å²) in [5.41, 5.74) is 3.51. The highest BCUT2D eigenvalue weighted by Gasteiger charge is 2.43. The summed E-state index contributed by atoms with van der Waals surface area (Å²) in [5, 5.41) is 1.74. The Bertz CT molecular complexity index is 935. The van der Waals surface area contributed by atoms with E-state index in [1.54, 1.807) is 0 Å². The van der Waals surface area contributed by atoms with E-state index in [-0.39, 0.29) is 12.1 Å². The quantitative estimate of drug-likeness (QED) is 0.691. The lowest BCUT2D eigenvalue weighted by Gasteiger charge is -2.26. The largest absolute Gasteiger partial charge is 0.341 e. The van der Waals surface area contributed by atoms with Gasteiger partial charge in [-0.15, -0.1) is 0 Å². The Balaban J connectivity index is 1.54. The number of benzene rings is 1. The first-order valence-electron chi connectivity index (χ1n) is 8.95. The number of rotatable bonds is 3. The molecule has 130 valence electrons. The maximum absolute atomic E-state index is 5.04. The third-order valence-electron chi connectivity index (χ3n) is 4.99. The van der Waals surface area contributed by atoms with Crippen molar-refractivity contribution in [2.45, 2.75) is 24.3 Å². The molecule has 1 fully saturated rings. The second kappa shape index (κ2) is 6.32. The van der Waals surface area contributed by atoms with E-state index in [0.29, 0.717) is 5.25 Å². The monoisotopic (exact) mass is 360 g/mol. The number of hydrogen-bond donors (Lipinski definition) is 0. The van der Waals surface area contributed by atoms with E-state index in [1.165, 1.54) is 11.3 Å². The number of pyridine rings is 1. The first-order chi connectivity index (χ1) is 12.8. The normalized spacial score (nSPS) is 24.6. The minimum absolute atomic E-state index is 0.0535. The zero-order chi connectivity index (χ0) is 17.5. The molecule has 5 rings (SSSR count). The van der Waals surface area contributed by atoms with Crippen molar-refractivity contribution >= 4 is 16.9 Å². The average molecular weight is 360 g/mol. The fraction of sp³-hybridized carbons (Fsp3) is 0.238. The van der Waals surface area contributed by atoms with E-state index in [0.717, 1.165) is 17.4 Å². The van der Waals surface area contributed by atoms with Crippen LogP contribution in [0.25, 0.3) is 5.69 Å². The molecule has 0 unspecified atom stereocenters. The van der Waals surface area contributed by atoms with Gasteiger partial charge < -0.3 is 9.47 Å². The summed E-state index contributed by atoms with van der Waals surface area (Å²) in [6, 6.07) is 19.0. The Hall–Kier alpha value is -2.53. The number of thioether (sulfide) groups is 1. The predicted molar refractivity (Wildman–Crippen MR) is 107 cm³/mol. The van der Waals surface area contributed by atoms with Crippen LogP contribution in [0, 0.1) is 0 Å². The van der Waals surface area contributed by atoms with Gasteiger partial charge in [-0.05, 0) is 35.9 Å². The third kappa shape index (κ3) is 2.63.